The zero-order chi connectivity index (χ0) is 5.21. The highest BCUT2D eigenvalue weighted by Gasteiger charge is 2.05. The molecule has 0 saturated heterocycles. The second-order valence-electron chi connectivity index (χ2n) is 1.88. The molecule has 0 aliphatic heterocycles. The van der Waals surface area contributed by atoms with Gasteiger partial charge < -0.3 is 0 Å². The normalized spacial score (nSPS) is 12.0. The van der Waals surface area contributed by atoms with Crippen LogP contribution in [-0.4, -0.2) is 5.60 Å². The van der Waals surface area contributed by atoms with Crippen LogP contribution in [0.25, 0.3) is 0 Å². The Hall–Kier alpha value is -0.0800. The Morgan fingerprint density at radius 2 is 1.83 bits per heavy atom. The number of rotatable bonds is 1. The van der Waals surface area contributed by atoms with Gasteiger partial charge in [-0.3, -0.25) is 4.84 Å². The summed E-state index contributed by atoms with van der Waals surface area (Å²) >= 11 is 0. The van der Waals surface area contributed by atoms with Crippen molar-refractivity contribution in [1.82, 2.24) is 0 Å². The first kappa shape index (κ1) is 5.92. The highest BCUT2D eigenvalue weighted by molar-refractivity contribution is 4.67. The van der Waals surface area contributed by atoms with E-state index in [2.05, 4.69) is 11.8 Å². The van der Waals surface area contributed by atoms with E-state index in [9.17, 15) is 0 Å². The summed E-state index contributed by atoms with van der Waals surface area (Å²) in [5.74, 6) is 4.74. The molecule has 0 aromatic carbocycles. The fourth-order valence-corrected chi connectivity index (χ4v) is 0. The van der Waals surface area contributed by atoms with Crippen LogP contribution >= 0.6 is 0 Å². The number of hydrogen-bond acceptors (Lipinski definition) is 2. The summed E-state index contributed by atoms with van der Waals surface area (Å²) in [5.41, 5.74) is -0.431. The molecule has 37 valence electrons. The molecule has 2 N–H and O–H groups in total. The summed E-state index contributed by atoms with van der Waals surface area (Å²) in [4.78, 5) is 4.33. The van der Waals surface area contributed by atoms with Gasteiger partial charge in [-0.1, -0.05) is 0 Å². The SMILES string of the molecule is [CH2]C(C)(C)ON. The lowest BCUT2D eigenvalue weighted by Gasteiger charge is -2.12. The fraction of sp³-hybridized carbons (Fsp3) is 0.750. The molecule has 0 unspecified atom stereocenters. The van der Waals surface area contributed by atoms with Crippen molar-refractivity contribution in [3.05, 3.63) is 6.92 Å². The topological polar surface area (TPSA) is 35.2 Å². The van der Waals surface area contributed by atoms with Gasteiger partial charge >= 0.3 is 0 Å². The van der Waals surface area contributed by atoms with Crippen LogP contribution in [0.3, 0.4) is 0 Å². The zero-order valence-corrected chi connectivity index (χ0v) is 4.19. The van der Waals surface area contributed by atoms with Crippen LogP contribution in [0.1, 0.15) is 13.8 Å². The van der Waals surface area contributed by atoms with Crippen molar-refractivity contribution < 1.29 is 4.84 Å². The highest BCUT2D eigenvalue weighted by Crippen LogP contribution is 1.99. The predicted octanol–water partition coefficient (Wildman–Crippen LogP) is 0.489. The zero-order valence-electron chi connectivity index (χ0n) is 4.19. The van der Waals surface area contributed by atoms with Gasteiger partial charge in [0.05, 0.1) is 5.60 Å². The summed E-state index contributed by atoms with van der Waals surface area (Å²) in [6, 6.07) is 0. The van der Waals surface area contributed by atoms with Crippen LogP contribution in [0, 0.1) is 6.92 Å². The minimum Gasteiger partial charge on any atom is -0.299 e. The van der Waals surface area contributed by atoms with E-state index in [0.717, 1.165) is 0 Å². The van der Waals surface area contributed by atoms with E-state index in [1.54, 1.807) is 13.8 Å². The van der Waals surface area contributed by atoms with Gasteiger partial charge in [-0.05, 0) is 20.8 Å². The first-order valence-electron chi connectivity index (χ1n) is 1.79. The van der Waals surface area contributed by atoms with Gasteiger partial charge in [-0.25, -0.2) is 5.90 Å². The number of hydrogen-bond donors (Lipinski definition) is 1. The van der Waals surface area contributed by atoms with E-state index in [1.165, 1.54) is 0 Å². The lowest BCUT2D eigenvalue weighted by atomic mass is 10.2. The summed E-state index contributed by atoms with van der Waals surface area (Å²) < 4.78 is 0. The Balaban J connectivity index is 3.17. The average molecular weight is 88.1 g/mol. The molecule has 0 aliphatic carbocycles. The van der Waals surface area contributed by atoms with E-state index < -0.39 is 5.60 Å². The van der Waals surface area contributed by atoms with E-state index in [1.807, 2.05) is 0 Å². The Kier molecular flexibility index (Phi) is 1.56. The van der Waals surface area contributed by atoms with Gasteiger partial charge in [-0.2, -0.15) is 0 Å². The quantitative estimate of drug-likeness (QED) is 0.473. The Morgan fingerprint density at radius 3 is 1.83 bits per heavy atom. The third kappa shape index (κ3) is 3.92. The maximum absolute atomic E-state index is 4.74. The molecule has 0 fully saturated rings. The van der Waals surface area contributed by atoms with E-state index in [-0.39, 0.29) is 0 Å². The molecule has 0 spiro atoms. The van der Waals surface area contributed by atoms with Crippen molar-refractivity contribution in [2.75, 3.05) is 0 Å². The summed E-state index contributed by atoms with van der Waals surface area (Å²) in [6.07, 6.45) is 0. The van der Waals surface area contributed by atoms with E-state index in [4.69, 9.17) is 5.90 Å². The maximum Gasteiger partial charge on any atom is 0.0839 e. The van der Waals surface area contributed by atoms with Crippen LogP contribution in [-0.2, 0) is 4.84 Å². The van der Waals surface area contributed by atoms with Gasteiger partial charge in [-0.15, -0.1) is 0 Å². The second-order valence-corrected chi connectivity index (χ2v) is 1.88. The molecule has 0 aromatic rings. The summed E-state index contributed by atoms with van der Waals surface area (Å²) in [7, 11) is 0. The van der Waals surface area contributed by atoms with Crippen molar-refractivity contribution >= 4 is 0 Å². The Labute approximate surface area is 38.2 Å². The Morgan fingerprint density at radius 1 is 1.67 bits per heavy atom. The molecule has 2 heteroatoms. The first-order chi connectivity index (χ1) is 2.56. The van der Waals surface area contributed by atoms with Gasteiger partial charge in [0.2, 0.25) is 0 Å². The van der Waals surface area contributed by atoms with Crippen LogP contribution in [0.4, 0.5) is 0 Å². The van der Waals surface area contributed by atoms with Crippen molar-refractivity contribution in [3.63, 3.8) is 0 Å². The van der Waals surface area contributed by atoms with Gasteiger partial charge in [0.1, 0.15) is 0 Å². The molecular formula is C4H10NO. The average Bonchev–Trinajstić information content (AvgIpc) is 1.35. The third-order valence-electron chi connectivity index (χ3n) is 0.319. The monoisotopic (exact) mass is 88.1 g/mol. The maximum atomic E-state index is 4.74. The van der Waals surface area contributed by atoms with Crippen LogP contribution in [0.5, 0.6) is 0 Å². The molecule has 0 saturated carbocycles. The minimum absolute atomic E-state index is 0.431. The fourth-order valence-electron chi connectivity index (χ4n) is 0. The van der Waals surface area contributed by atoms with Crippen LogP contribution in [0.15, 0.2) is 0 Å². The summed E-state index contributed by atoms with van der Waals surface area (Å²) in [5, 5.41) is 0. The second kappa shape index (κ2) is 1.58. The molecule has 2 nitrogen and oxygen atoms in total. The van der Waals surface area contributed by atoms with Crippen LogP contribution < -0.4 is 5.90 Å². The lowest BCUT2D eigenvalue weighted by Crippen LogP contribution is -2.23. The molecule has 1 radical (unpaired) electrons. The highest BCUT2D eigenvalue weighted by atomic mass is 16.6. The molecule has 0 rings (SSSR count). The molecule has 0 bridgehead atoms. The summed E-state index contributed by atoms with van der Waals surface area (Å²) in [6.45, 7) is 7.11. The smallest absolute Gasteiger partial charge is 0.0839 e. The predicted molar refractivity (Wildman–Crippen MR) is 24.7 cm³/mol. The molecule has 0 amide bonds. The van der Waals surface area contributed by atoms with Crippen molar-refractivity contribution in [1.29, 1.82) is 0 Å². The first-order valence-corrected chi connectivity index (χ1v) is 1.79. The third-order valence-corrected chi connectivity index (χ3v) is 0.319. The van der Waals surface area contributed by atoms with E-state index in [0.29, 0.717) is 0 Å². The Bertz CT molecular complexity index is 37.3. The van der Waals surface area contributed by atoms with Crippen molar-refractivity contribution in [3.8, 4) is 0 Å². The number of nitrogens with two attached hydrogens (primary N) is 1. The standard InChI is InChI=1S/C4H10NO/c1-4(2,3)6-5/h1,5H2,2-3H3. The van der Waals surface area contributed by atoms with Gasteiger partial charge in [0.15, 0.2) is 0 Å². The molecule has 0 atom stereocenters. The molecule has 0 aromatic heterocycles. The molecule has 0 aliphatic rings. The van der Waals surface area contributed by atoms with Crippen molar-refractivity contribution in [2.45, 2.75) is 19.4 Å². The van der Waals surface area contributed by atoms with Gasteiger partial charge in [0, 0.05) is 0 Å². The minimum atomic E-state index is -0.431. The lowest BCUT2D eigenvalue weighted by molar-refractivity contribution is 0.0164. The molecule has 0 heterocycles. The largest absolute Gasteiger partial charge is 0.299 e. The molecule has 6 heavy (non-hydrogen) atoms. The molecular weight excluding hydrogens is 78.0 g/mol. The van der Waals surface area contributed by atoms with Crippen molar-refractivity contribution in [2.24, 2.45) is 5.90 Å². The van der Waals surface area contributed by atoms with Gasteiger partial charge in [0.25, 0.3) is 0 Å². The van der Waals surface area contributed by atoms with Crippen LogP contribution in [0.2, 0.25) is 0 Å². The van der Waals surface area contributed by atoms with E-state index >= 15 is 0 Å².